The summed E-state index contributed by atoms with van der Waals surface area (Å²) in [6, 6.07) is 4.45. The Morgan fingerprint density at radius 1 is 1.24 bits per heavy atom. The van der Waals surface area contributed by atoms with Crippen LogP contribution in [0, 0.1) is 11.8 Å². The van der Waals surface area contributed by atoms with Gasteiger partial charge in [-0.05, 0) is 36.8 Å². The number of nitrogens with zero attached hydrogens (tertiary/aromatic N) is 4. The molecule has 0 unspecified atom stereocenters. The van der Waals surface area contributed by atoms with Crippen molar-refractivity contribution in [2.45, 2.75) is 31.6 Å². The van der Waals surface area contributed by atoms with Crippen molar-refractivity contribution in [3.05, 3.63) is 35.8 Å². The molecule has 0 spiro atoms. The van der Waals surface area contributed by atoms with E-state index in [0.717, 1.165) is 37.7 Å². The molecule has 6 nitrogen and oxygen atoms in total. The number of halogens is 3. The van der Waals surface area contributed by atoms with Crippen molar-refractivity contribution in [1.82, 2.24) is 25.7 Å². The molecule has 1 saturated heterocycles. The SMILES string of the molecule is FC(F)(F)c1cccc(N2C[C@H]3CC[C@H](NCc4cn[nH]n4)[C@H]3C2)n1. The average Bonchev–Trinajstić information content (AvgIpc) is 3.30. The highest BCUT2D eigenvalue weighted by Gasteiger charge is 2.43. The number of nitrogens with one attached hydrogen (secondary N) is 2. The minimum atomic E-state index is -4.41. The fraction of sp³-hybridized carbons (Fsp3) is 0.562. The first-order chi connectivity index (χ1) is 12.0. The number of fused-ring (bicyclic) bond motifs is 1. The minimum Gasteiger partial charge on any atom is -0.356 e. The predicted octanol–water partition coefficient (Wildman–Crippen LogP) is 2.22. The van der Waals surface area contributed by atoms with Gasteiger partial charge in [-0.25, -0.2) is 4.98 Å². The number of hydrogen-bond acceptors (Lipinski definition) is 5. The number of pyridine rings is 1. The van der Waals surface area contributed by atoms with Gasteiger partial charge in [-0.15, -0.1) is 0 Å². The van der Waals surface area contributed by atoms with Gasteiger partial charge >= 0.3 is 6.18 Å². The smallest absolute Gasteiger partial charge is 0.356 e. The summed E-state index contributed by atoms with van der Waals surface area (Å²) in [6.45, 7) is 2.14. The van der Waals surface area contributed by atoms with Crippen molar-refractivity contribution < 1.29 is 13.2 Å². The molecule has 2 aliphatic rings. The number of rotatable bonds is 4. The first-order valence-electron chi connectivity index (χ1n) is 8.38. The van der Waals surface area contributed by atoms with Gasteiger partial charge in [0.25, 0.3) is 0 Å². The van der Waals surface area contributed by atoms with Crippen LogP contribution >= 0.6 is 0 Å². The molecule has 3 heterocycles. The van der Waals surface area contributed by atoms with E-state index in [9.17, 15) is 13.2 Å². The molecule has 3 atom stereocenters. The molecule has 2 aromatic heterocycles. The van der Waals surface area contributed by atoms with Gasteiger partial charge in [-0.2, -0.15) is 28.6 Å². The Bertz CT molecular complexity index is 717. The van der Waals surface area contributed by atoms with Crippen molar-refractivity contribution in [1.29, 1.82) is 0 Å². The lowest BCUT2D eigenvalue weighted by atomic mass is 9.98. The second kappa shape index (κ2) is 6.29. The summed E-state index contributed by atoms with van der Waals surface area (Å²) in [5.74, 6) is 1.33. The van der Waals surface area contributed by atoms with E-state index < -0.39 is 11.9 Å². The van der Waals surface area contributed by atoms with Crippen LogP contribution in [0.3, 0.4) is 0 Å². The molecule has 0 aromatic carbocycles. The molecule has 4 rings (SSSR count). The predicted molar refractivity (Wildman–Crippen MR) is 84.7 cm³/mol. The first kappa shape index (κ1) is 16.3. The number of aromatic amines is 1. The zero-order valence-corrected chi connectivity index (χ0v) is 13.5. The molecule has 25 heavy (non-hydrogen) atoms. The van der Waals surface area contributed by atoms with Gasteiger partial charge in [0.1, 0.15) is 11.5 Å². The van der Waals surface area contributed by atoms with Gasteiger partial charge in [0.05, 0.1) is 11.9 Å². The third-order valence-corrected chi connectivity index (χ3v) is 5.22. The zero-order valence-electron chi connectivity index (χ0n) is 13.5. The van der Waals surface area contributed by atoms with Gasteiger partial charge in [-0.3, -0.25) is 0 Å². The molecule has 1 aliphatic heterocycles. The molecule has 9 heteroatoms. The van der Waals surface area contributed by atoms with Crippen molar-refractivity contribution in [2.75, 3.05) is 18.0 Å². The summed E-state index contributed by atoms with van der Waals surface area (Å²) in [6.07, 6.45) is -0.562. The Balaban J connectivity index is 1.42. The van der Waals surface area contributed by atoms with E-state index >= 15 is 0 Å². The normalized spacial score (nSPS) is 26.2. The molecule has 2 fully saturated rings. The largest absolute Gasteiger partial charge is 0.433 e. The highest BCUT2D eigenvalue weighted by Crippen LogP contribution is 2.40. The fourth-order valence-electron chi connectivity index (χ4n) is 4.01. The van der Waals surface area contributed by atoms with E-state index in [-0.39, 0.29) is 0 Å². The summed E-state index contributed by atoms with van der Waals surface area (Å²) in [4.78, 5) is 5.80. The van der Waals surface area contributed by atoms with E-state index in [1.54, 1.807) is 12.3 Å². The van der Waals surface area contributed by atoms with Gasteiger partial charge in [0.15, 0.2) is 0 Å². The third-order valence-electron chi connectivity index (χ3n) is 5.22. The monoisotopic (exact) mass is 352 g/mol. The highest BCUT2D eigenvalue weighted by atomic mass is 19.4. The van der Waals surface area contributed by atoms with Crippen molar-refractivity contribution in [3.8, 4) is 0 Å². The van der Waals surface area contributed by atoms with Crippen molar-refractivity contribution >= 4 is 5.82 Å². The van der Waals surface area contributed by atoms with Crippen LogP contribution in [0.5, 0.6) is 0 Å². The Morgan fingerprint density at radius 2 is 2.12 bits per heavy atom. The summed E-state index contributed by atoms with van der Waals surface area (Å²) in [5.41, 5.74) is 0.0283. The molecular formula is C16H19F3N6. The second-order valence-electron chi connectivity index (χ2n) is 6.73. The molecule has 0 radical (unpaired) electrons. The van der Waals surface area contributed by atoms with Crippen LogP contribution in [0.15, 0.2) is 24.4 Å². The van der Waals surface area contributed by atoms with Gasteiger partial charge in [0, 0.05) is 25.7 Å². The first-order valence-corrected chi connectivity index (χ1v) is 8.38. The molecule has 2 aromatic rings. The molecule has 0 amide bonds. The van der Waals surface area contributed by atoms with Gasteiger partial charge in [0.2, 0.25) is 0 Å². The Kier molecular flexibility index (Phi) is 4.10. The lowest BCUT2D eigenvalue weighted by Crippen LogP contribution is -2.35. The van der Waals surface area contributed by atoms with Crippen molar-refractivity contribution in [3.63, 3.8) is 0 Å². The summed E-state index contributed by atoms with van der Waals surface area (Å²) in [7, 11) is 0. The van der Waals surface area contributed by atoms with Crippen LogP contribution in [-0.4, -0.2) is 39.5 Å². The molecule has 1 saturated carbocycles. The van der Waals surface area contributed by atoms with E-state index in [4.69, 9.17) is 0 Å². The standard InChI is InChI=1S/C16H19F3N6/c17-16(18,19)14-2-1-3-15(22-14)25-8-10-4-5-13(12(10)9-25)20-6-11-7-21-24-23-11/h1-3,7,10,12-13,20H,4-6,8-9H2,(H,21,23,24)/t10-,12+,13+/m1/s1. The Morgan fingerprint density at radius 3 is 2.88 bits per heavy atom. The number of anilines is 1. The number of aromatic nitrogens is 4. The topological polar surface area (TPSA) is 69.7 Å². The van der Waals surface area contributed by atoms with Crippen LogP contribution in [0.1, 0.15) is 24.2 Å². The maximum atomic E-state index is 12.9. The van der Waals surface area contributed by atoms with Crippen LogP contribution in [0.25, 0.3) is 0 Å². The van der Waals surface area contributed by atoms with E-state index in [1.165, 1.54) is 6.07 Å². The minimum absolute atomic E-state index is 0.345. The third kappa shape index (κ3) is 3.33. The van der Waals surface area contributed by atoms with Crippen LogP contribution in [0.4, 0.5) is 19.0 Å². The zero-order chi connectivity index (χ0) is 17.4. The van der Waals surface area contributed by atoms with E-state index in [0.29, 0.717) is 30.2 Å². The van der Waals surface area contributed by atoms with Gasteiger partial charge < -0.3 is 10.2 Å². The lowest BCUT2D eigenvalue weighted by Gasteiger charge is -2.22. The summed E-state index contributed by atoms with van der Waals surface area (Å²) in [5, 5.41) is 13.9. The Labute approximate surface area is 142 Å². The molecule has 2 N–H and O–H groups in total. The second-order valence-corrected chi connectivity index (χ2v) is 6.73. The van der Waals surface area contributed by atoms with E-state index in [1.807, 2.05) is 4.90 Å². The summed E-state index contributed by atoms with van der Waals surface area (Å²) >= 11 is 0. The Hall–Kier alpha value is -2.16. The fourth-order valence-corrected chi connectivity index (χ4v) is 4.01. The maximum absolute atomic E-state index is 12.9. The van der Waals surface area contributed by atoms with Crippen LogP contribution in [0.2, 0.25) is 0 Å². The lowest BCUT2D eigenvalue weighted by molar-refractivity contribution is -0.141. The number of alkyl halides is 3. The van der Waals surface area contributed by atoms with Gasteiger partial charge in [-0.1, -0.05) is 6.07 Å². The maximum Gasteiger partial charge on any atom is 0.433 e. The molecule has 1 aliphatic carbocycles. The number of hydrogen-bond donors (Lipinski definition) is 2. The highest BCUT2D eigenvalue weighted by molar-refractivity contribution is 5.42. The van der Waals surface area contributed by atoms with E-state index in [2.05, 4.69) is 25.7 Å². The van der Waals surface area contributed by atoms with Crippen LogP contribution in [-0.2, 0) is 12.7 Å². The van der Waals surface area contributed by atoms with Crippen molar-refractivity contribution in [2.24, 2.45) is 11.8 Å². The molecular weight excluding hydrogens is 333 g/mol. The average molecular weight is 352 g/mol. The quantitative estimate of drug-likeness (QED) is 0.883. The molecule has 134 valence electrons. The number of H-pyrrole nitrogens is 1. The summed E-state index contributed by atoms with van der Waals surface area (Å²) < 4.78 is 38.6. The van der Waals surface area contributed by atoms with Crippen LogP contribution < -0.4 is 10.2 Å². The molecule has 0 bridgehead atoms.